The number of rotatable bonds is 3. The Morgan fingerprint density at radius 3 is 2.56 bits per heavy atom. The van der Waals surface area contributed by atoms with Gasteiger partial charge in [-0.2, -0.15) is 0 Å². The van der Waals surface area contributed by atoms with E-state index in [0.717, 1.165) is 17.1 Å². The molecule has 0 saturated heterocycles. The number of aryl methyl sites for hydroxylation is 1. The minimum Gasteiger partial charge on any atom is -0.340 e. The summed E-state index contributed by atoms with van der Waals surface area (Å²) in [6.07, 6.45) is 1.80. The molecule has 0 saturated carbocycles. The van der Waals surface area contributed by atoms with Crippen LogP contribution in [-0.2, 0) is 6.54 Å². The zero-order chi connectivity index (χ0) is 11.4. The van der Waals surface area contributed by atoms with E-state index in [2.05, 4.69) is 10.3 Å². The summed E-state index contributed by atoms with van der Waals surface area (Å²) < 4.78 is 0. The van der Waals surface area contributed by atoms with Gasteiger partial charge in [-0.3, -0.25) is 0 Å². The molecule has 0 fully saturated rings. The standard InChI is InChI=1S/C13H15N3/c1-10-6-7-15-13(8-10)16-12-4-2-11(9-14)3-5-12/h2-8H,9,14H2,1H3,(H,15,16). The van der Waals surface area contributed by atoms with E-state index in [9.17, 15) is 0 Å². The average molecular weight is 213 g/mol. The van der Waals surface area contributed by atoms with Crippen molar-refractivity contribution >= 4 is 11.5 Å². The Labute approximate surface area is 95.3 Å². The van der Waals surface area contributed by atoms with Crippen molar-refractivity contribution in [3.8, 4) is 0 Å². The first-order valence-corrected chi connectivity index (χ1v) is 5.26. The number of nitrogens with two attached hydrogens (primary N) is 1. The molecular formula is C13H15N3. The van der Waals surface area contributed by atoms with Crippen molar-refractivity contribution in [3.05, 3.63) is 53.7 Å². The molecule has 0 unspecified atom stereocenters. The molecule has 0 atom stereocenters. The summed E-state index contributed by atoms with van der Waals surface area (Å²) in [7, 11) is 0. The summed E-state index contributed by atoms with van der Waals surface area (Å²) in [4.78, 5) is 4.24. The average Bonchev–Trinajstić information content (AvgIpc) is 2.30. The summed E-state index contributed by atoms with van der Waals surface area (Å²) in [6, 6.07) is 12.0. The van der Waals surface area contributed by atoms with E-state index in [-0.39, 0.29) is 0 Å². The van der Waals surface area contributed by atoms with Crippen LogP contribution in [0.1, 0.15) is 11.1 Å². The zero-order valence-electron chi connectivity index (χ0n) is 9.27. The molecule has 16 heavy (non-hydrogen) atoms. The Balaban J connectivity index is 2.14. The lowest BCUT2D eigenvalue weighted by atomic mass is 10.2. The molecule has 0 radical (unpaired) electrons. The van der Waals surface area contributed by atoms with Crippen molar-refractivity contribution in [2.75, 3.05) is 5.32 Å². The van der Waals surface area contributed by atoms with Crippen LogP contribution in [0.4, 0.5) is 11.5 Å². The Morgan fingerprint density at radius 1 is 1.19 bits per heavy atom. The van der Waals surface area contributed by atoms with Crippen molar-refractivity contribution in [1.29, 1.82) is 0 Å². The number of pyridine rings is 1. The fourth-order valence-electron chi connectivity index (χ4n) is 1.48. The summed E-state index contributed by atoms with van der Waals surface area (Å²) in [5.74, 6) is 0.862. The van der Waals surface area contributed by atoms with Gasteiger partial charge in [0.25, 0.3) is 0 Å². The van der Waals surface area contributed by atoms with Gasteiger partial charge in [0.1, 0.15) is 5.82 Å². The van der Waals surface area contributed by atoms with Gasteiger partial charge in [-0.25, -0.2) is 4.98 Å². The fourth-order valence-corrected chi connectivity index (χ4v) is 1.48. The van der Waals surface area contributed by atoms with Gasteiger partial charge in [0, 0.05) is 18.4 Å². The van der Waals surface area contributed by atoms with Gasteiger partial charge in [0.15, 0.2) is 0 Å². The number of nitrogens with one attached hydrogen (secondary N) is 1. The quantitative estimate of drug-likeness (QED) is 0.824. The summed E-state index contributed by atoms with van der Waals surface area (Å²) >= 11 is 0. The second kappa shape index (κ2) is 4.77. The number of aromatic nitrogens is 1. The highest BCUT2D eigenvalue weighted by Crippen LogP contribution is 2.15. The Morgan fingerprint density at radius 2 is 1.94 bits per heavy atom. The van der Waals surface area contributed by atoms with Crippen LogP contribution in [-0.4, -0.2) is 4.98 Å². The molecule has 0 aliphatic carbocycles. The predicted octanol–water partition coefficient (Wildman–Crippen LogP) is 2.59. The predicted molar refractivity (Wildman–Crippen MR) is 66.6 cm³/mol. The largest absolute Gasteiger partial charge is 0.340 e. The van der Waals surface area contributed by atoms with E-state index in [1.54, 1.807) is 6.20 Å². The number of benzene rings is 1. The van der Waals surface area contributed by atoms with Gasteiger partial charge in [-0.15, -0.1) is 0 Å². The molecule has 3 N–H and O–H groups in total. The molecule has 1 aromatic carbocycles. The summed E-state index contributed by atoms with van der Waals surface area (Å²) in [5.41, 5.74) is 8.88. The highest BCUT2D eigenvalue weighted by molar-refractivity contribution is 5.56. The van der Waals surface area contributed by atoms with Crippen LogP contribution >= 0.6 is 0 Å². The van der Waals surface area contributed by atoms with Crippen molar-refractivity contribution in [3.63, 3.8) is 0 Å². The third-order valence-corrected chi connectivity index (χ3v) is 2.38. The van der Waals surface area contributed by atoms with Gasteiger partial charge in [0.2, 0.25) is 0 Å². The SMILES string of the molecule is Cc1ccnc(Nc2ccc(CN)cc2)c1. The molecule has 0 amide bonds. The van der Waals surface area contributed by atoms with Crippen LogP contribution < -0.4 is 11.1 Å². The maximum Gasteiger partial charge on any atom is 0.130 e. The van der Waals surface area contributed by atoms with Crippen molar-refractivity contribution in [1.82, 2.24) is 4.98 Å². The molecular weight excluding hydrogens is 198 g/mol. The number of hydrogen-bond donors (Lipinski definition) is 2. The van der Waals surface area contributed by atoms with Crippen LogP contribution in [0.15, 0.2) is 42.6 Å². The van der Waals surface area contributed by atoms with Crippen LogP contribution in [0.5, 0.6) is 0 Å². The van der Waals surface area contributed by atoms with Crippen molar-refractivity contribution < 1.29 is 0 Å². The highest BCUT2D eigenvalue weighted by Gasteiger charge is 1.96. The van der Waals surface area contributed by atoms with E-state index < -0.39 is 0 Å². The molecule has 0 aliphatic heterocycles. The first kappa shape index (κ1) is 10.6. The van der Waals surface area contributed by atoms with Crippen LogP contribution in [0.3, 0.4) is 0 Å². The second-order valence-corrected chi connectivity index (χ2v) is 3.74. The first-order valence-electron chi connectivity index (χ1n) is 5.26. The minimum atomic E-state index is 0.572. The third kappa shape index (κ3) is 2.58. The molecule has 0 spiro atoms. The molecule has 2 aromatic rings. The second-order valence-electron chi connectivity index (χ2n) is 3.74. The van der Waals surface area contributed by atoms with E-state index in [1.165, 1.54) is 5.56 Å². The fraction of sp³-hybridized carbons (Fsp3) is 0.154. The Hall–Kier alpha value is -1.87. The summed E-state index contributed by atoms with van der Waals surface area (Å²) in [5, 5.41) is 3.24. The molecule has 0 aliphatic rings. The van der Waals surface area contributed by atoms with Gasteiger partial charge in [0.05, 0.1) is 0 Å². The lowest BCUT2D eigenvalue weighted by Crippen LogP contribution is -1.97. The molecule has 82 valence electrons. The molecule has 0 bridgehead atoms. The molecule has 1 aromatic heterocycles. The molecule has 3 nitrogen and oxygen atoms in total. The lowest BCUT2D eigenvalue weighted by Gasteiger charge is -2.06. The van der Waals surface area contributed by atoms with Crippen LogP contribution in [0.25, 0.3) is 0 Å². The third-order valence-electron chi connectivity index (χ3n) is 2.38. The lowest BCUT2D eigenvalue weighted by molar-refractivity contribution is 1.07. The van der Waals surface area contributed by atoms with Gasteiger partial charge in [-0.05, 0) is 42.3 Å². The van der Waals surface area contributed by atoms with Crippen LogP contribution in [0.2, 0.25) is 0 Å². The van der Waals surface area contributed by atoms with Gasteiger partial charge < -0.3 is 11.1 Å². The molecule has 2 rings (SSSR count). The first-order chi connectivity index (χ1) is 7.78. The van der Waals surface area contributed by atoms with Crippen molar-refractivity contribution in [2.45, 2.75) is 13.5 Å². The van der Waals surface area contributed by atoms with Gasteiger partial charge >= 0.3 is 0 Å². The number of nitrogens with zero attached hydrogens (tertiary/aromatic N) is 1. The van der Waals surface area contributed by atoms with E-state index in [1.807, 2.05) is 43.3 Å². The topological polar surface area (TPSA) is 50.9 Å². The minimum absolute atomic E-state index is 0.572. The van der Waals surface area contributed by atoms with Gasteiger partial charge in [-0.1, -0.05) is 12.1 Å². The molecule has 3 heteroatoms. The zero-order valence-corrected chi connectivity index (χ0v) is 9.27. The smallest absolute Gasteiger partial charge is 0.130 e. The highest BCUT2D eigenvalue weighted by atomic mass is 15.0. The molecule has 1 heterocycles. The van der Waals surface area contributed by atoms with E-state index in [4.69, 9.17) is 5.73 Å². The van der Waals surface area contributed by atoms with Crippen LogP contribution in [0, 0.1) is 6.92 Å². The maximum absolute atomic E-state index is 5.54. The van der Waals surface area contributed by atoms with E-state index >= 15 is 0 Å². The normalized spacial score (nSPS) is 10.1. The summed E-state index contributed by atoms with van der Waals surface area (Å²) in [6.45, 7) is 2.62. The Kier molecular flexibility index (Phi) is 3.17. The monoisotopic (exact) mass is 213 g/mol. The number of anilines is 2. The van der Waals surface area contributed by atoms with E-state index in [0.29, 0.717) is 6.54 Å². The maximum atomic E-state index is 5.54. The Bertz CT molecular complexity index is 463. The number of hydrogen-bond acceptors (Lipinski definition) is 3. The van der Waals surface area contributed by atoms with Crippen molar-refractivity contribution in [2.24, 2.45) is 5.73 Å².